The molecule has 18 heavy (non-hydrogen) atoms. The van der Waals surface area contributed by atoms with Crippen molar-refractivity contribution in [1.82, 2.24) is 16.0 Å². The van der Waals surface area contributed by atoms with E-state index < -0.39 is 23.9 Å². The maximum Gasteiger partial charge on any atom is 0.328 e. The minimum atomic E-state index is -1.30. The van der Waals surface area contributed by atoms with Crippen LogP contribution < -0.4 is 16.0 Å². The molecule has 1 atom stereocenters. The molecule has 0 aliphatic heterocycles. The maximum absolute atomic E-state index is 11.2. The smallest absolute Gasteiger partial charge is 0.328 e. The van der Waals surface area contributed by atoms with Gasteiger partial charge < -0.3 is 15.7 Å². The van der Waals surface area contributed by atoms with Crippen LogP contribution in [0, 0.1) is 0 Å². The van der Waals surface area contributed by atoms with Crippen LogP contribution in [0.5, 0.6) is 0 Å². The van der Waals surface area contributed by atoms with Crippen molar-refractivity contribution < 1.29 is 24.3 Å². The third kappa shape index (κ3) is 6.99. The first kappa shape index (κ1) is 15.6. The number of carboxylic acids is 1. The zero-order valence-electron chi connectivity index (χ0n) is 10.0. The predicted molar refractivity (Wildman–Crippen MR) is 61.6 cm³/mol. The van der Waals surface area contributed by atoms with Gasteiger partial charge in [-0.15, -0.1) is 0 Å². The van der Waals surface area contributed by atoms with Crippen LogP contribution in [-0.2, 0) is 14.4 Å². The molecule has 8 heteroatoms. The summed E-state index contributed by atoms with van der Waals surface area (Å²) in [6.45, 7) is 3.60. The summed E-state index contributed by atoms with van der Waals surface area (Å²) >= 11 is 0. The fraction of sp³-hybridized carbons (Fsp3) is 0.400. The van der Waals surface area contributed by atoms with Crippen molar-refractivity contribution in [2.45, 2.75) is 19.9 Å². The van der Waals surface area contributed by atoms with E-state index in [1.54, 1.807) is 6.92 Å². The van der Waals surface area contributed by atoms with E-state index in [-0.39, 0.29) is 5.91 Å². The highest BCUT2D eigenvalue weighted by Gasteiger charge is 2.15. The lowest BCUT2D eigenvalue weighted by Crippen LogP contribution is -2.49. The molecule has 0 radical (unpaired) electrons. The number of hydrogen-bond donors (Lipinski definition) is 4. The zero-order valence-corrected chi connectivity index (χ0v) is 10.0. The van der Waals surface area contributed by atoms with Crippen molar-refractivity contribution in [1.29, 1.82) is 0 Å². The van der Waals surface area contributed by atoms with Gasteiger partial charge >= 0.3 is 12.0 Å². The minimum Gasteiger partial charge on any atom is -0.478 e. The molecule has 0 bridgehead atoms. The fourth-order valence-electron chi connectivity index (χ4n) is 0.926. The number of aliphatic carboxylic acids is 1. The molecule has 0 aliphatic rings. The van der Waals surface area contributed by atoms with Crippen LogP contribution in [0.2, 0.25) is 0 Å². The zero-order chi connectivity index (χ0) is 14.1. The van der Waals surface area contributed by atoms with Gasteiger partial charge in [0.25, 0.3) is 5.91 Å². The van der Waals surface area contributed by atoms with Crippen molar-refractivity contribution in [3.8, 4) is 0 Å². The molecule has 0 spiro atoms. The highest BCUT2D eigenvalue weighted by atomic mass is 16.4. The third-order valence-electron chi connectivity index (χ3n) is 1.71. The average molecular weight is 257 g/mol. The van der Waals surface area contributed by atoms with Gasteiger partial charge in [-0.05, 0) is 13.8 Å². The number of carbonyl (C=O) groups excluding carboxylic acids is 3. The Balaban J connectivity index is 4.15. The van der Waals surface area contributed by atoms with Gasteiger partial charge in [-0.1, -0.05) is 0 Å². The highest BCUT2D eigenvalue weighted by molar-refractivity contribution is 6.03. The van der Waals surface area contributed by atoms with E-state index in [0.717, 1.165) is 0 Å². The van der Waals surface area contributed by atoms with E-state index in [2.05, 4.69) is 10.6 Å². The Morgan fingerprint density at radius 3 is 2.33 bits per heavy atom. The van der Waals surface area contributed by atoms with E-state index in [1.807, 2.05) is 5.32 Å². The number of rotatable bonds is 5. The van der Waals surface area contributed by atoms with Gasteiger partial charge in [-0.25, -0.2) is 9.59 Å². The number of carboxylic acid groups (broad SMARTS) is 1. The van der Waals surface area contributed by atoms with Crippen molar-refractivity contribution >= 4 is 23.8 Å². The molecule has 0 aromatic heterocycles. The van der Waals surface area contributed by atoms with Gasteiger partial charge in [0, 0.05) is 18.7 Å². The number of urea groups is 1. The van der Waals surface area contributed by atoms with Crippen LogP contribution in [0.1, 0.15) is 13.8 Å². The van der Waals surface area contributed by atoms with E-state index in [4.69, 9.17) is 5.11 Å². The highest BCUT2D eigenvalue weighted by Crippen LogP contribution is 1.82. The van der Waals surface area contributed by atoms with Crippen LogP contribution in [-0.4, -0.2) is 41.5 Å². The number of nitrogens with one attached hydrogen (secondary N) is 3. The number of hydrogen-bond acceptors (Lipinski definition) is 4. The summed E-state index contributed by atoms with van der Waals surface area (Å²) in [4.78, 5) is 43.6. The molecule has 0 saturated heterocycles. The monoisotopic (exact) mass is 257 g/mol. The number of likely N-dealkylation sites (N-methyl/N-ethyl adjacent to an activating group) is 1. The van der Waals surface area contributed by atoms with Gasteiger partial charge in [-0.2, -0.15) is 0 Å². The molecule has 0 aliphatic carbocycles. The van der Waals surface area contributed by atoms with Crippen LogP contribution >= 0.6 is 0 Å². The van der Waals surface area contributed by atoms with Crippen LogP contribution in [0.3, 0.4) is 0 Å². The molecule has 4 amide bonds. The minimum absolute atomic E-state index is 0.388. The van der Waals surface area contributed by atoms with Crippen molar-refractivity contribution in [2.75, 3.05) is 6.54 Å². The lowest BCUT2D eigenvalue weighted by Gasteiger charge is -2.12. The molecule has 0 heterocycles. The van der Waals surface area contributed by atoms with Gasteiger partial charge in [0.2, 0.25) is 5.91 Å². The van der Waals surface area contributed by atoms with E-state index in [1.165, 1.54) is 6.92 Å². The van der Waals surface area contributed by atoms with Crippen molar-refractivity contribution in [3.63, 3.8) is 0 Å². The van der Waals surface area contributed by atoms with Gasteiger partial charge in [0.05, 0.1) is 0 Å². The maximum atomic E-state index is 11.2. The van der Waals surface area contributed by atoms with Crippen LogP contribution in [0.4, 0.5) is 4.79 Å². The predicted octanol–water partition coefficient (Wildman–Crippen LogP) is -1.02. The molecular formula is C10H15N3O5. The van der Waals surface area contributed by atoms with Crippen LogP contribution in [0.15, 0.2) is 12.2 Å². The first-order chi connectivity index (χ1) is 8.36. The third-order valence-corrected chi connectivity index (χ3v) is 1.71. The second-order valence-corrected chi connectivity index (χ2v) is 3.25. The number of carbonyl (C=O) groups is 4. The Labute approximate surface area is 103 Å². The first-order valence-electron chi connectivity index (χ1n) is 5.17. The summed E-state index contributed by atoms with van der Waals surface area (Å²) in [5.74, 6) is -2.58. The summed E-state index contributed by atoms with van der Waals surface area (Å²) in [6.07, 6.45) is 1.29. The Bertz CT molecular complexity index is 378. The fourth-order valence-corrected chi connectivity index (χ4v) is 0.926. The molecule has 0 fully saturated rings. The summed E-state index contributed by atoms with van der Waals surface area (Å²) in [6, 6.07) is -1.69. The summed E-state index contributed by atoms with van der Waals surface area (Å²) in [5.41, 5.74) is 0. The van der Waals surface area contributed by atoms with Crippen LogP contribution in [0.25, 0.3) is 0 Å². The second-order valence-electron chi connectivity index (χ2n) is 3.25. The van der Waals surface area contributed by atoms with E-state index >= 15 is 0 Å². The van der Waals surface area contributed by atoms with Crippen molar-refractivity contribution in [3.05, 3.63) is 12.2 Å². The first-order valence-corrected chi connectivity index (χ1v) is 5.17. The molecule has 1 unspecified atom stereocenters. The molecule has 0 aromatic carbocycles. The standard InChI is InChI=1S/C10H15N3O5/c1-3-11-9(17)6(2)12-10(18)13-7(14)4-5-8(15)16/h4-6H,3H2,1-2H3,(H,11,17)(H,15,16)(H2,12,13,14,18)/b5-4+. The SMILES string of the molecule is CCNC(=O)C(C)NC(=O)NC(=O)/C=C/C(=O)O. The Morgan fingerprint density at radius 1 is 1.22 bits per heavy atom. The average Bonchev–Trinajstić information content (AvgIpc) is 2.26. The lowest BCUT2D eigenvalue weighted by atomic mass is 10.3. The molecule has 8 nitrogen and oxygen atoms in total. The van der Waals surface area contributed by atoms with Gasteiger partial charge in [0.15, 0.2) is 0 Å². The Hall–Kier alpha value is -2.38. The van der Waals surface area contributed by atoms with E-state index in [9.17, 15) is 19.2 Å². The number of amides is 4. The Kier molecular flexibility index (Phi) is 6.79. The number of imide groups is 1. The largest absolute Gasteiger partial charge is 0.478 e. The molecule has 4 N–H and O–H groups in total. The topological polar surface area (TPSA) is 125 Å². The molecule has 0 saturated carbocycles. The molecule has 0 aromatic rings. The summed E-state index contributed by atoms with van der Waals surface area (Å²) in [5, 5.41) is 14.8. The van der Waals surface area contributed by atoms with Gasteiger partial charge in [0.1, 0.15) is 6.04 Å². The molecular weight excluding hydrogens is 242 g/mol. The second kappa shape index (κ2) is 7.82. The normalized spacial score (nSPS) is 11.7. The van der Waals surface area contributed by atoms with E-state index in [0.29, 0.717) is 18.7 Å². The summed E-state index contributed by atoms with van der Waals surface area (Å²) in [7, 11) is 0. The quantitative estimate of drug-likeness (QED) is 0.469. The van der Waals surface area contributed by atoms with Gasteiger partial charge in [-0.3, -0.25) is 14.9 Å². The molecule has 0 rings (SSSR count). The Morgan fingerprint density at radius 2 is 1.83 bits per heavy atom. The lowest BCUT2D eigenvalue weighted by molar-refractivity contribution is -0.131. The van der Waals surface area contributed by atoms with Crippen molar-refractivity contribution in [2.24, 2.45) is 0 Å². The molecule has 100 valence electrons. The summed E-state index contributed by atoms with van der Waals surface area (Å²) < 4.78 is 0.